The maximum atomic E-state index is 13.4. The molecule has 4 aliphatic rings. The Bertz CT molecular complexity index is 1300. The molecule has 1 aromatic carbocycles. The number of hydrogen-bond donors (Lipinski definition) is 3. The van der Waals surface area contributed by atoms with Crippen LogP contribution in [0.4, 0.5) is 0 Å². The number of rotatable bonds is 6. The van der Waals surface area contributed by atoms with E-state index in [-0.39, 0.29) is 76.7 Å². The molecule has 11 heteroatoms. The van der Waals surface area contributed by atoms with Gasteiger partial charge in [0.2, 0.25) is 11.8 Å². The van der Waals surface area contributed by atoms with E-state index in [9.17, 15) is 24.3 Å². The first-order chi connectivity index (χ1) is 16.8. The van der Waals surface area contributed by atoms with Crippen molar-refractivity contribution in [2.24, 2.45) is 29.6 Å². The Kier molecular flexibility index (Phi) is 5.26. The number of thiazole rings is 1. The fraction of sp³-hybridized carbons (Fsp3) is 0.500. The van der Waals surface area contributed by atoms with Crippen LogP contribution in [0.1, 0.15) is 35.6 Å². The number of aromatic nitrogens is 1. The van der Waals surface area contributed by atoms with E-state index in [1.165, 1.54) is 23.3 Å². The molecule has 9 nitrogen and oxygen atoms in total. The van der Waals surface area contributed by atoms with Crippen molar-refractivity contribution in [1.82, 2.24) is 9.88 Å². The van der Waals surface area contributed by atoms with Crippen LogP contribution in [0.25, 0.3) is 0 Å². The third kappa shape index (κ3) is 3.27. The van der Waals surface area contributed by atoms with Crippen molar-refractivity contribution in [3.63, 3.8) is 0 Å². The van der Waals surface area contributed by atoms with Crippen LogP contribution >= 0.6 is 23.1 Å². The molecule has 35 heavy (non-hydrogen) atoms. The van der Waals surface area contributed by atoms with Crippen LogP contribution in [0, 0.1) is 29.6 Å². The van der Waals surface area contributed by atoms with Gasteiger partial charge in [0, 0.05) is 29.0 Å². The number of nitrogens with zero attached hydrogens (tertiary/aromatic N) is 1. The summed E-state index contributed by atoms with van der Waals surface area (Å²) in [6.07, 6.45) is 0.944. The zero-order valence-electron chi connectivity index (χ0n) is 18.8. The lowest BCUT2D eigenvalue weighted by Crippen LogP contribution is -2.42. The number of carboxylic acid groups (broad SMARTS) is 1. The van der Waals surface area contributed by atoms with Crippen molar-refractivity contribution in [3.05, 3.63) is 38.3 Å². The van der Waals surface area contributed by atoms with Crippen LogP contribution in [0.2, 0.25) is 0 Å². The number of aliphatic carboxylic acids is 1. The second-order valence-electron chi connectivity index (χ2n) is 9.72. The van der Waals surface area contributed by atoms with E-state index in [1.807, 2.05) is 6.07 Å². The Morgan fingerprint density at radius 2 is 1.94 bits per heavy atom. The highest BCUT2D eigenvalue weighted by atomic mass is 32.2. The summed E-state index contributed by atoms with van der Waals surface area (Å²) < 4.78 is 5.34. The van der Waals surface area contributed by atoms with Crippen molar-refractivity contribution in [2.75, 3.05) is 13.7 Å². The van der Waals surface area contributed by atoms with Gasteiger partial charge in [0.05, 0.1) is 24.0 Å². The lowest BCUT2D eigenvalue weighted by Gasteiger charge is -2.43. The van der Waals surface area contributed by atoms with Gasteiger partial charge in [-0.15, -0.1) is 11.8 Å². The highest BCUT2D eigenvalue weighted by Crippen LogP contribution is 2.68. The number of amides is 2. The molecule has 7 atom stereocenters. The van der Waals surface area contributed by atoms with Gasteiger partial charge in [-0.1, -0.05) is 17.4 Å². The summed E-state index contributed by atoms with van der Waals surface area (Å²) in [5.41, 5.74) is 0.908. The summed E-state index contributed by atoms with van der Waals surface area (Å²) in [4.78, 5) is 55.0. The largest absolute Gasteiger partial charge is 0.504 e. The number of imide groups is 1. The fourth-order valence-electron chi connectivity index (χ4n) is 6.95. The van der Waals surface area contributed by atoms with Gasteiger partial charge < -0.3 is 19.9 Å². The second-order valence-corrected chi connectivity index (χ2v) is 11.9. The van der Waals surface area contributed by atoms with E-state index in [1.54, 1.807) is 23.9 Å². The molecule has 6 rings (SSSR count). The number of aromatic hydroxyl groups is 1. The van der Waals surface area contributed by atoms with Crippen molar-refractivity contribution in [2.45, 2.75) is 35.5 Å². The highest BCUT2D eigenvalue weighted by molar-refractivity contribution is 8.00. The number of carboxylic acids is 1. The number of likely N-dealkylation sites (tertiary alicyclic amines) is 1. The number of aromatic amines is 1. The van der Waals surface area contributed by atoms with Crippen LogP contribution in [0.5, 0.6) is 11.5 Å². The van der Waals surface area contributed by atoms with Crippen LogP contribution in [-0.4, -0.2) is 56.8 Å². The van der Waals surface area contributed by atoms with Crippen LogP contribution in [-0.2, 0) is 14.4 Å². The molecule has 3 heterocycles. The molecule has 2 aliphatic heterocycles. The van der Waals surface area contributed by atoms with Crippen molar-refractivity contribution < 1.29 is 29.3 Å². The number of carbonyl (C=O) groups excluding carboxylic acids is 2. The maximum absolute atomic E-state index is 13.4. The summed E-state index contributed by atoms with van der Waals surface area (Å²) in [6.45, 7) is 0.137. The van der Waals surface area contributed by atoms with E-state index in [4.69, 9.17) is 9.84 Å². The smallest absolute Gasteiger partial charge is 0.305 e. The first-order valence-electron chi connectivity index (χ1n) is 11.6. The lowest BCUT2D eigenvalue weighted by molar-refractivity contribution is -0.142. The van der Waals surface area contributed by atoms with Crippen LogP contribution in [0.15, 0.2) is 28.0 Å². The summed E-state index contributed by atoms with van der Waals surface area (Å²) in [5, 5.41) is 20.0. The molecule has 0 radical (unpaired) electrons. The fourth-order valence-corrected chi connectivity index (χ4v) is 9.84. The van der Waals surface area contributed by atoms with Crippen molar-refractivity contribution in [1.29, 1.82) is 0 Å². The minimum atomic E-state index is -0.945. The lowest BCUT2D eigenvalue weighted by atomic mass is 9.68. The number of nitrogens with one attached hydrogen (secondary N) is 1. The summed E-state index contributed by atoms with van der Waals surface area (Å²) in [5.74, 6) is -1.82. The number of phenolic OH excluding ortho intramolecular Hbond substituents is 1. The molecule has 1 saturated heterocycles. The van der Waals surface area contributed by atoms with Gasteiger partial charge in [0.15, 0.2) is 11.5 Å². The summed E-state index contributed by atoms with van der Waals surface area (Å²) in [7, 11) is 1.49. The van der Waals surface area contributed by atoms with Crippen LogP contribution in [0.3, 0.4) is 0 Å². The quantitative estimate of drug-likeness (QED) is 0.498. The highest BCUT2D eigenvalue weighted by Gasteiger charge is 2.69. The number of phenols is 1. The molecule has 2 amide bonds. The Balaban J connectivity index is 1.39. The number of fused-ring (bicyclic) bond motifs is 9. The first kappa shape index (κ1) is 22.7. The number of thioether (sulfide) groups is 1. The van der Waals surface area contributed by atoms with Gasteiger partial charge in [0.1, 0.15) is 0 Å². The number of H-pyrrole nitrogens is 1. The standard InChI is InChI=1S/C24H24N2O7S2/c1-33-13-7-9(4-5-12(13)27)15-16-10-8-11(19(16)34-21-20(15)35-24(32)25-21)18-17(10)22(30)26(23(18)31)6-2-3-14(28)29/h4-5,7,10-11,15-19,27H,2-3,6,8H2,1H3,(H,25,32)(H,28,29)/t10-,11+,15+,16-,17+,18-,19-/m1/s1. The molecule has 2 bridgehead atoms. The van der Waals surface area contributed by atoms with Gasteiger partial charge >= 0.3 is 10.8 Å². The molecule has 3 fully saturated rings. The predicted octanol–water partition coefficient (Wildman–Crippen LogP) is 2.49. The van der Waals surface area contributed by atoms with Crippen molar-refractivity contribution >= 4 is 40.9 Å². The Morgan fingerprint density at radius 1 is 1.20 bits per heavy atom. The summed E-state index contributed by atoms with van der Waals surface area (Å²) in [6, 6.07) is 5.22. The Morgan fingerprint density at radius 3 is 2.66 bits per heavy atom. The topological polar surface area (TPSA) is 137 Å². The molecule has 184 valence electrons. The molecular weight excluding hydrogens is 492 g/mol. The van der Waals surface area contributed by atoms with Crippen molar-refractivity contribution in [3.8, 4) is 11.5 Å². The Labute approximate surface area is 208 Å². The SMILES string of the molecule is COc1cc([C@@H]2c3sc(=O)[nH]c3S[C@@H]3[C@H]4C[C@@H]([C@@H]5C(=O)N(CCCC(=O)O)C(=O)[C@H]45)[C@H]23)ccc1O. The number of carbonyl (C=O) groups is 3. The second kappa shape index (κ2) is 8.12. The van der Waals surface area contributed by atoms with Gasteiger partial charge in [0.25, 0.3) is 0 Å². The zero-order valence-corrected chi connectivity index (χ0v) is 20.4. The number of ether oxygens (including phenoxy) is 1. The maximum Gasteiger partial charge on any atom is 0.305 e. The van der Waals surface area contributed by atoms with E-state index < -0.39 is 11.9 Å². The molecule has 0 spiro atoms. The molecule has 0 unspecified atom stereocenters. The molecule has 2 saturated carbocycles. The molecule has 1 aromatic heterocycles. The normalized spacial score (nSPS) is 32.5. The van der Waals surface area contributed by atoms with Gasteiger partial charge in [-0.05, 0) is 48.3 Å². The van der Waals surface area contributed by atoms with Gasteiger partial charge in [-0.3, -0.25) is 24.1 Å². The average Bonchev–Trinajstić information content (AvgIpc) is 3.54. The molecule has 3 N–H and O–H groups in total. The number of hydrogen-bond acceptors (Lipinski definition) is 8. The third-order valence-corrected chi connectivity index (χ3v) is 10.7. The van der Waals surface area contributed by atoms with E-state index in [0.29, 0.717) is 5.75 Å². The first-order valence-corrected chi connectivity index (χ1v) is 13.3. The monoisotopic (exact) mass is 516 g/mol. The minimum absolute atomic E-state index is 0.0130. The van der Waals surface area contributed by atoms with Gasteiger partial charge in [-0.25, -0.2) is 0 Å². The third-order valence-electron chi connectivity index (χ3n) is 8.15. The number of methoxy groups -OCH3 is 1. The Hall–Kier alpha value is -2.79. The summed E-state index contributed by atoms with van der Waals surface area (Å²) >= 11 is 2.79. The van der Waals surface area contributed by atoms with Crippen LogP contribution < -0.4 is 9.61 Å². The average molecular weight is 517 g/mol. The molecular formula is C24H24N2O7S2. The molecule has 2 aliphatic carbocycles. The molecule has 2 aromatic rings. The van der Waals surface area contributed by atoms with E-state index >= 15 is 0 Å². The van der Waals surface area contributed by atoms with E-state index in [0.717, 1.165) is 21.9 Å². The zero-order chi connectivity index (χ0) is 24.6. The number of benzene rings is 1. The van der Waals surface area contributed by atoms with E-state index in [2.05, 4.69) is 4.98 Å². The van der Waals surface area contributed by atoms with Gasteiger partial charge in [-0.2, -0.15) is 0 Å². The predicted molar refractivity (Wildman–Crippen MR) is 127 cm³/mol. The minimum Gasteiger partial charge on any atom is -0.504 e.